The van der Waals surface area contributed by atoms with Crippen LogP contribution in [0.15, 0.2) is 53.5 Å². The largest absolute Gasteiger partial charge is 0.463 e. The zero-order valence-corrected chi connectivity index (χ0v) is 9.68. The fourth-order valence-electron chi connectivity index (χ4n) is 1.84. The Morgan fingerprint density at radius 2 is 1.95 bits per heavy atom. The number of benzene rings is 1. The molecule has 0 aliphatic heterocycles. The van der Waals surface area contributed by atoms with Gasteiger partial charge in [0, 0.05) is 23.4 Å². The minimum atomic E-state index is -0.664. The third-order valence-corrected chi connectivity index (χ3v) is 2.69. The Kier molecular flexibility index (Phi) is 2.79. The predicted octanol–water partition coefficient (Wildman–Crippen LogP) is 3.68. The molecule has 0 aliphatic rings. The average molecular weight is 258 g/mol. The van der Waals surface area contributed by atoms with Crippen LogP contribution in [0, 0.1) is 11.6 Å². The molecule has 0 N–H and O–H groups in total. The van der Waals surface area contributed by atoms with Crippen molar-refractivity contribution in [2.24, 2.45) is 0 Å². The maximum atomic E-state index is 13.8. The van der Waals surface area contributed by atoms with E-state index in [0.717, 1.165) is 6.07 Å². The summed E-state index contributed by atoms with van der Waals surface area (Å²) in [6.07, 6.45) is 4.33. The number of furan rings is 1. The molecule has 0 radical (unpaired) electrons. The summed E-state index contributed by atoms with van der Waals surface area (Å²) < 4.78 is 32.0. The molecule has 0 spiro atoms. The van der Waals surface area contributed by atoms with E-state index in [0.29, 0.717) is 17.0 Å². The zero-order chi connectivity index (χ0) is 13.2. The van der Waals surface area contributed by atoms with Crippen molar-refractivity contribution in [3.63, 3.8) is 0 Å². The lowest BCUT2D eigenvalue weighted by Crippen LogP contribution is -1.93. The van der Waals surface area contributed by atoms with Crippen molar-refractivity contribution in [2.45, 2.75) is 0 Å². The third-order valence-electron chi connectivity index (χ3n) is 2.69. The minimum Gasteiger partial charge on any atom is -0.463 e. The van der Waals surface area contributed by atoms with Crippen molar-refractivity contribution in [1.82, 2.24) is 9.97 Å². The van der Waals surface area contributed by atoms with E-state index in [-0.39, 0.29) is 5.56 Å². The molecule has 2 heterocycles. The Labute approximate surface area is 107 Å². The maximum absolute atomic E-state index is 13.8. The van der Waals surface area contributed by atoms with Crippen LogP contribution in [-0.2, 0) is 0 Å². The number of rotatable bonds is 2. The smallest absolute Gasteiger partial charge is 0.152 e. The van der Waals surface area contributed by atoms with E-state index in [2.05, 4.69) is 9.97 Å². The molecule has 0 fully saturated rings. The highest BCUT2D eigenvalue weighted by Crippen LogP contribution is 2.31. The minimum absolute atomic E-state index is 0.230. The fourth-order valence-corrected chi connectivity index (χ4v) is 1.84. The van der Waals surface area contributed by atoms with Gasteiger partial charge in [0.2, 0.25) is 0 Å². The molecule has 0 aliphatic carbocycles. The molecule has 0 saturated carbocycles. The topological polar surface area (TPSA) is 38.9 Å². The molecule has 0 saturated heterocycles. The third kappa shape index (κ3) is 2.10. The van der Waals surface area contributed by atoms with Crippen molar-refractivity contribution in [3.8, 4) is 22.6 Å². The first-order chi connectivity index (χ1) is 9.25. The van der Waals surface area contributed by atoms with Crippen LogP contribution in [0.1, 0.15) is 0 Å². The predicted molar refractivity (Wildman–Crippen MR) is 65.1 cm³/mol. The highest BCUT2D eigenvalue weighted by molar-refractivity contribution is 5.77. The summed E-state index contributed by atoms with van der Waals surface area (Å²) in [5, 5.41) is 0. The highest BCUT2D eigenvalue weighted by Gasteiger charge is 2.15. The van der Waals surface area contributed by atoms with Crippen LogP contribution >= 0.6 is 0 Å². The zero-order valence-electron chi connectivity index (χ0n) is 9.68. The second kappa shape index (κ2) is 4.61. The normalized spacial score (nSPS) is 10.6. The number of aromatic nitrogens is 2. The van der Waals surface area contributed by atoms with E-state index in [1.807, 2.05) is 0 Å². The molecule has 0 unspecified atom stereocenters. The molecule has 19 heavy (non-hydrogen) atoms. The van der Waals surface area contributed by atoms with E-state index in [1.165, 1.54) is 30.9 Å². The van der Waals surface area contributed by atoms with Crippen molar-refractivity contribution >= 4 is 0 Å². The van der Waals surface area contributed by atoms with Crippen LogP contribution in [0.5, 0.6) is 0 Å². The Morgan fingerprint density at radius 1 is 1.05 bits per heavy atom. The molecule has 0 atom stereocenters. The van der Waals surface area contributed by atoms with Gasteiger partial charge < -0.3 is 4.42 Å². The van der Waals surface area contributed by atoms with Crippen molar-refractivity contribution in [1.29, 1.82) is 0 Å². The molecule has 5 heteroatoms. The summed E-state index contributed by atoms with van der Waals surface area (Å²) in [5.41, 5.74) is 1.15. The molecule has 1 aromatic carbocycles. The summed E-state index contributed by atoms with van der Waals surface area (Å²) in [7, 11) is 0. The van der Waals surface area contributed by atoms with Gasteiger partial charge in [-0.25, -0.2) is 18.7 Å². The molecular weight excluding hydrogens is 250 g/mol. The lowest BCUT2D eigenvalue weighted by atomic mass is 10.0. The fraction of sp³-hybridized carbons (Fsp3) is 0. The summed E-state index contributed by atoms with van der Waals surface area (Å²) in [6.45, 7) is 0. The summed E-state index contributed by atoms with van der Waals surface area (Å²) in [5.74, 6) is -0.790. The van der Waals surface area contributed by atoms with Gasteiger partial charge in [-0.05, 0) is 24.3 Å². The summed E-state index contributed by atoms with van der Waals surface area (Å²) in [4.78, 5) is 7.98. The number of nitrogens with zero attached hydrogens (tertiary/aromatic N) is 2. The number of hydrogen-bond donors (Lipinski definition) is 0. The van der Waals surface area contributed by atoms with Crippen LogP contribution in [0.2, 0.25) is 0 Å². The van der Waals surface area contributed by atoms with E-state index in [4.69, 9.17) is 4.42 Å². The highest BCUT2D eigenvalue weighted by atomic mass is 19.1. The molecule has 3 aromatic rings. The van der Waals surface area contributed by atoms with E-state index in [9.17, 15) is 8.78 Å². The van der Waals surface area contributed by atoms with Crippen LogP contribution in [0.4, 0.5) is 8.78 Å². The average Bonchev–Trinajstić information content (AvgIpc) is 2.93. The van der Waals surface area contributed by atoms with Crippen molar-refractivity contribution < 1.29 is 13.2 Å². The Hall–Kier alpha value is -2.56. The van der Waals surface area contributed by atoms with Gasteiger partial charge in [-0.1, -0.05) is 0 Å². The second-order valence-corrected chi connectivity index (χ2v) is 3.89. The van der Waals surface area contributed by atoms with Gasteiger partial charge >= 0.3 is 0 Å². The van der Waals surface area contributed by atoms with E-state index < -0.39 is 11.6 Å². The van der Waals surface area contributed by atoms with Crippen molar-refractivity contribution in [3.05, 3.63) is 60.8 Å². The number of hydrogen-bond acceptors (Lipinski definition) is 3. The van der Waals surface area contributed by atoms with Gasteiger partial charge in [0.15, 0.2) is 5.76 Å². The Balaban J connectivity index is 2.21. The quantitative estimate of drug-likeness (QED) is 0.703. The van der Waals surface area contributed by atoms with Gasteiger partial charge in [0.25, 0.3) is 0 Å². The van der Waals surface area contributed by atoms with E-state index in [1.54, 1.807) is 12.1 Å². The van der Waals surface area contributed by atoms with Gasteiger partial charge in [-0.3, -0.25) is 0 Å². The monoisotopic (exact) mass is 258 g/mol. The first-order valence-corrected chi connectivity index (χ1v) is 5.55. The van der Waals surface area contributed by atoms with Crippen molar-refractivity contribution in [2.75, 3.05) is 0 Å². The molecule has 0 amide bonds. The molecular formula is C14H8F2N2O. The molecule has 0 bridgehead atoms. The lowest BCUT2D eigenvalue weighted by molar-refractivity contribution is 0.579. The molecule has 3 nitrogen and oxygen atoms in total. The van der Waals surface area contributed by atoms with Gasteiger partial charge in [0.05, 0.1) is 6.26 Å². The van der Waals surface area contributed by atoms with Gasteiger partial charge in [-0.2, -0.15) is 0 Å². The summed E-state index contributed by atoms with van der Waals surface area (Å²) >= 11 is 0. The standard InChI is InChI=1S/C14H8F2N2O/c15-9-3-4-10(12(16)6-9)11-7-17-8-18-14(11)13-2-1-5-19-13/h1-8H. The molecule has 3 rings (SSSR count). The Bertz CT molecular complexity index is 711. The molecule has 94 valence electrons. The van der Waals surface area contributed by atoms with Crippen LogP contribution < -0.4 is 0 Å². The first kappa shape index (κ1) is 11.5. The Morgan fingerprint density at radius 3 is 2.68 bits per heavy atom. The lowest BCUT2D eigenvalue weighted by Gasteiger charge is -2.07. The van der Waals surface area contributed by atoms with Gasteiger partial charge in [-0.15, -0.1) is 0 Å². The summed E-state index contributed by atoms with van der Waals surface area (Å²) in [6, 6.07) is 6.80. The second-order valence-electron chi connectivity index (χ2n) is 3.89. The van der Waals surface area contributed by atoms with Crippen LogP contribution in [0.3, 0.4) is 0 Å². The molecule has 2 aromatic heterocycles. The van der Waals surface area contributed by atoms with Crippen LogP contribution in [0.25, 0.3) is 22.6 Å². The SMILES string of the molecule is Fc1ccc(-c2cncnc2-c2ccco2)c(F)c1. The number of halogens is 2. The maximum Gasteiger partial charge on any atom is 0.152 e. The van der Waals surface area contributed by atoms with Gasteiger partial charge in [0.1, 0.15) is 23.7 Å². The van der Waals surface area contributed by atoms with Crippen LogP contribution in [-0.4, -0.2) is 9.97 Å². The van der Waals surface area contributed by atoms with E-state index >= 15 is 0 Å². The first-order valence-electron chi connectivity index (χ1n) is 5.55.